The van der Waals surface area contributed by atoms with Crippen molar-refractivity contribution in [2.24, 2.45) is 0 Å². The van der Waals surface area contributed by atoms with Crippen LogP contribution in [0.4, 0.5) is 0 Å². The maximum Gasteiger partial charge on any atom is 0.252 e. The molecule has 1 aromatic carbocycles. The number of rotatable bonds is 8. The first-order valence-corrected chi connectivity index (χ1v) is 9.33. The summed E-state index contributed by atoms with van der Waals surface area (Å²) in [6.45, 7) is 9.72. The van der Waals surface area contributed by atoms with E-state index in [1.165, 1.54) is 0 Å². The lowest BCUT2D eigenvalue weighted by Gasteiger charge is -2.20. The first-order chi connectivity index (χ1) is 9.97. The smallest absolute Gasteiger partial charge is 0.252 e. The van der Waals surface area contributed by atoms with Crippen molar-refractivity contribution in [2.45, 2.75) is 39.7 Å². The van der Waals surface area contributed by atoms with Crippen molar-refractivity contribution in [3.63, 3.8) is 0 Å². The fourth-order valence-corrected chi connectivity index (χ4v) is 3.15. The van der Waals surface area contributed by atoms with Crippen LogP contribution in [0.5, 0.6) is 0 Å². The summed E-state index contributed by atoms with van der Waals surface area (Å²) in [5, 5.41) is 3.09. The molecule has 3 nitrogen and oxygen atoms in total. The van der Waals surface area contributed by atoms with Crippen LogP contribution in [-0.4, -0.2) is 36.5 Å². The monoisotopic (exact) mass is 466 g/mol. The number of nitrogens with one attached hydrogen (secondary N) is 1. The molecular formula is C16H24BrIN2O. The number of carbonyl (C=O) groups excluding carboxylic acids is 1. The first kappa shape index (κ1) is 18.9. The molecule has 0 fully saturated rings. The van der Waals surface area contributed by atoms with E-state index in [0.717, 1.165) is 46.1 Å². The van der Waals surface area contributed by atoms with Gasteiger partial charge in [0.2, 0.25) is 0 Å². The van der Waals surface area contributed by atoms with Gasteiger partial charge in [0, 0.05) is 14.1 Å². The minimum atomic E-state index is 0.0102. The van der Waals surface area contributed by atoms with Crippen molar-refractivity contribution in [3.05, 3.63) is 31.8 Å². The Bertz CT molecular complexity index is 464. The molecule has 0 spiro atoms. The van der Waals surface area contributed by atoms with Crippen molar-refractivity contribution < 1.29 is 4.79 Å². The summed E-state index contributed by atoms with van der Waals surface area (Å²) < 4.78 is 1.91. The second-order valence-electron chi connectivity index (χ2n) is 5.17. The Morgan fingerprint density at radius 1 is 1.38 bits per heavy atom. The van der Waals surface area contributed by atoms with Gasteiger partial charge in [0.05, 0.1) is 5.56 Å². The standard InChI is InChI=1S/C16H24BrIN2O/c1-4-20(5-2)10-6-7-12(3)19-16(21)14-11-13(17)8-9-15(14)18/h8-9,11-12H,4-7,10H2,1-3H3,(H,19,21). The minimum Gasteiger partial charge on any atom is -0.350 e. The molecular weight excluding hydrogens is 443 g/mol. The maximum atomic E-state index is 12.3. The molecule has 1 N–H and O–H groups in total. The van der Waals surface area contributed by atoms with Gasteiger partial charge < -0.3 is 10.2 Å². The Kier molecular flexibility index (Phi) is 8.82. The number of hydrogen-bond acceptors (Lipinski definition) is 2. The average Bonchev–Trinajstić information content (AvgIpc) is 2.46. The molecule has 0 heterocycles. The number of carbonyl (C=O) groups is 1. The van der Waals surface area contributed by atoms with E-state index in [2.05, 4.69) is 69.5 Å². The van der Waals surface area contributed by atoms with Crippen LogP contribution in [0.3, 0.4) is 0 Å². The van der Waals surface area contributed by atoms with Gasteiger partial charge in [0.1, 0.15) is 0 Å². The molecule has 1 unspecified atom stereocenters. The lowest BCUT2D eigenvalue weighted by Crippen LogP contribution is -2.34. The van der Waals surface area contributed by atoms with Gasteiger partial charge in [-0.1, -0.05) is 29.8 Å². The lowest BCUT2D eigenvalue weighted by molar-refractivity contribution is 0.0936. The number of hydrogen-bond donors (Lipinski definition) is 1. The summed E-state index contributed by atoms with van der Waals surface area (Å²) in [5.41, 5.74) is 0.737. The van der Waals surface area contributed by atoms with Crippen LogP contribution in [-0.2, 0) is 0 Å². The van der Waals surface area contributed by atoms with Crippen LogP contribution in [0.1, 0.15) is 44.0 Å². The molecule has 0 aliphatic heterocycles. The molecule has 0 aromatic heterocycles. The molecule has 0 bridgehead atoms. The zero-order valence-corrected chi connectivity index (χ0v) is 16.7. The molecule has 1 amide bonds. The van der Waals surface area contributed by atoms with Crippen molar-refractivity contribution in [3.8, 4) is 0 Å². The molecule has 1 aromatic rings. The van der Waals surface area contributed by atoms with Gasteiger partial charge in [0.15, 0.2) is 0 Å². The van der Waals surface area contributed by atoms with Gasteiger partial charge >= 0.3 is 0 Å². The largest absolute Gasteiger partial charge is 0.350 e. The van der Waals surface area contributed by atoms with Crippen LogP contribution < -0.4 is 5.32 Å². The molecule has 1 rings (SSSR count). The SMILES string of the molecule is CCN(CC)CCCC(C)NC(=O)c1cc(Br)ccc1I. The molecule has 0 aliphatic carbocycles. The third kappa shape index (κ3) is 6.65. The normalized spacial score (nSPS) is 12.5. The molecule has 0 saturated heterocycles. The highest BCUT2D eigenvalue weighted by Gasteiger charge is 2.13. The molecule has 0 radical (unpaired) electrons. The minimum absolute atomic E-state index is 0.0102. The van der Waals surface area contributed by atoms with Crippen LogP contribution in [0, 0.1) is 3.57 Å². The summed E-state index contributed by atoms with van der Waals surface area (Å²) >= 11 is 5.61. The van der Waals surface area contributed by atoms with Gasteiger partial charge in [-0.05, 0) is 80.2 Å². The van der Waals surface area contributed by atoms with Crippen LogP contribution >= 0.6 is 38.5 Å². The number of nitrogens with zero attached hydrogens (tertiary/aromatic N) is 1. The van der Waals surface area contributed by atoms with Gasteiger partial charge in [-0.25, -0.2) is 0 Å². The van der Waals surface area contributed by atoms with Crippen molar-refractivity contribution in [1.82, 2.24) is 10.2 Å². The number of amides is 1. The molecule has 5 heteroatoms. The summed E-state index contributed by atoms with van der Waals surface area (Å²) in [6.07, 6.45) is 2.12. The van der Waals surface area contributed by atoms with E-state index in [-0.39, 0.29) is 11.9 Å². The Labute approximate surface area is 150 Å². The highest BCUT2D eigenvalue weighted by atomic mass is 127. The van der Waals surface area contributed by atoms with E-state index >= 15 is 0 Å². The zero-order valence-electron chi connectivity index (χ0n) is 13.0. The fourth-order valence-electron chi connectivity index (χ4n) is 2.21. The van der Waals surface area contributed by atoms with Crippen molar-refractivity contribution >= 4 is 44.4 Å². The Hall–Kier alpha value is -0.140. The van der Waals surface area contributed by atoms with Crippen molar-refractivity contribution in [2.75, 3.05) is 19.6 Å². The quantitative estimate of drug-likeness (QED) is 0.579. The topological polar surface area (TPSA) is 32.3 Å². The van der Waals surface area contributed by atoms with E-state index in [4.69, 9.17) is 0 Å². The molecule has 21 heavy (non-hydrogen) atoms. The van der Waals surface area contributed by atoms with E-state index in [1.54, 1.807) is 0 Å². The maximum absolute atomic E-state index is 12.3. The fraction of sp³-hybridized carbons (Fsp3) is 0.562. The van der Waals surface area contributed by atoms with Crippen LogP contribution in [0.25, 0.3) is 0 Å². The van der Waals surface area contributed by atoms with Gasteiger partial charge in [-0.3, -0.25) is 4.79 Å². The molecule has 118 valence electrons. The molecule has 1 atom stereocenters. The lowest BCUT2D eigenvalue weighted by atomic mass is 10.1. The second kappa shape index (κ2) is 9.79. The highest BCUT2D eigenvalue weighted by Crippen LogP contribution is 2.18. The summed E-state index contributed by atoms with van der Waals surface area (Å²) in [6, 6.07) is 5.97. The number of halogens is 2. The molecule has 0 saturated carbocycles. The number of benzene rings is 1. The van der Waals surface area contributed by atoms with Gasteiger partial charge in [-0.2, -0.15) is 0 Å². The van der Waals surface area contributed by atoms with Crippen molar-refractivity contribution in [1.29, 1.82) is 0 Å². The second-order valence-corrected chi connectivity index (χ2v) is 7.25. The highest BCUT2D eigenvalue weighted by molar-refractivity contribution is 14.1. The Morgan fingerprint density at radius 3 is 2.67 bits per heavy atom. The van der Waals surface area contributed by atoms with E-state index < -0.39 is 0 Å². The van der Waals surface area contributed by atoms with Crippen LogP contribution in [0.2, 0.25) is 0 Å². The Morgan fingerprint density at radius 2 is 2.05 bits per heavy atom. The Balaban J connectivity index is 2.45. The van der Waals surface area contributed by atoms with E-state index in [0.29, 0.717) is 0 Å². The summed E-state index contributed by atoms with van der Waals surface area (Å²) in [5.74, 6) is 0.0102. The van der Waals surface area contributed by atoms with Gasteiger partial charge in [0.25, 0.3) is 5.91 Å². The predicted molar refractivity (Wildman–Crippen MR) is 101 cm³/mol. The third-order valence-corrected chi connectivity index (χ3v) is 4.99. The average molecular weight is 467 g/mol. The van der Waals surface area contributed by atoms with E-state index in [9.17, 15) is 4.79 Å². The third-order valence-electron chi connectivity index (χ3n) is 3.56. The van der Waals surface area contributed by atoms with Crippen LogP contribution in [0.15, 0.2) is 22.7 Å². The summed E-state index contributed by atoms with van der Waals surface area (Å²) in [4.78, 5) is 14.7. The predicted octanol–water partition coefficient (Wildman–Crippen LogP) is 4.29. The zero-order chi connectivity index (χ0) is 15.8. The van der Waals surface area contributed by atoms with E-state index in [1.807, 2.05) is 18.2 Å². The van der Waals surface area contributed by atoms with Gasteiger partial charge in [-0.15, -0.1) is 0 Å². The molecule has 0 aliphatic rings. The first-order valence-electron chi connectivity index (χ1n) is 7.46. The summed E-state index contributed by atoms with van der Waals surface area (Å²) in [7, 11) is 0.